The van der Waals surface area contributed by atoms with Crippen LogP contribution in [0.1, 0.15) is 15.9 Å². The SMILES string of the molecule is COC(=O)c1ccc(C#N)c(I)c1S. The Labute approximate surface area is 101 Å². The standard InChI is InChI=1S/C9H6INO2S/c1-13-9(12)6-3-2-5(4-11)7(10)8(6)14/h2-3,14H,1H3. The molecular weight excluding hydrogens is 313 g/mol. The lowest BCUT2D eigenvalue weighted by Crippen LogP contribution is -2.04. The summed E-state index contributed by atoms with van der Waals surface area (Å²) in [7, 11) is 1.31. The highest BCUT2D eigenvalue weighted by Crippen LogP contribution is 2.24. The molecule has 0 fully saturated rings. The molecule has 0 aliphatic carbocycles. The number of methoxy groups -OCH3 is 1. The molecule has 1 aromatic carbocycles. The van der Waals surface area contributed by atoms with Gasteiger partial charge in [-0.3, -0.25) is 0 Å². The summed E-state index contributed by atoms with van der Waals surface area (Å²) in [6, 6.07) is 5.13. The number of hydrogen-bond donors (Lipinski definition) is 1. The summed E-state index contributed by atoms with van der Waals surface area (Å²) < 4.78 is 5.23. The van der Waals surface area contributed by atoms with Gasteiger partial charge in [-0.2, -0.15) is 5.26 Å². The number of esters is 1. The first-order valence-electron chi connectivity index (χ1n) is 3.61. The minimum absolute atomic E-state index is 0.374. The van der Waals surface area contributed by atoms with Gasteiger partial charge in [0.1, 0.15) is 6.07 Å². The lowest BCUT2D eigenvalue weighted by atomic mass is 10.1. The highest BCUT2D eigenvalue weighted by molar-refractivity contribution is 14.1. The summed E-state index contributed by atoms with van der Waals surface area (Å²) in [5.41, 5.74) is 0.877. The van der Waals surface area contributed by atoms with Crippen molar-refractivity contribution in [3.63, 3.8) is 0 Å². The van der Waals surface area contributed by atoms with Crippen LogP contribution in [0.15, 0.2) is 17.0 Å². The second-order valence-electron chi connectivity index (χ2n) is 2.43. The van der Waals surface area contributed by atoms with Crippen molar-refractivity contribution in [2.24, 2.45) is 0 Å². The summed E-state index contributed by atoms with van der Waals surface area (Å²) >= 11 is 6.14. The molecule has 0 N–H and O–H groups in total. The molecule has 0 saturated heterocycles. The first-order chi connectivity index (χ1) is 6.61. The Balaban J connectivity index is 3.33. The fourth-order valence-electron chi connectivity index (χ4n) is 0.926. The van der Waals surface area contributed by atoms with E-state index in [1.807, 2.05) is 28.7 Å². The van der Waals surface area contributed by atoms with E-state index in [1.54, 1.807) is 6.07 Å². The minimum Gasteiger partial charge on any atom is -0.465 e. The van der Waals surface area contributed by atoms with E-state index in [0.29, 0.717) is 19.6 Å². The van der Waals surface area contributed by atoms with Gasteiger partial charge in [0.05, 0.1) is 18.2 Å². The number of halogens is 1. The van der Waals surface area contributed by atoms with Gasteiger partial charge in [0.15, 0.2) is 0 Å². The number of rotatable bonds is 1. The predicted octanol–water partition coefficient (Wildman–Crippen LogP) is 2.24. The number of carbonyl (C=O) groups is 1. The lowest BCUT2D eigenvalue weighted by molar-refractivity contribution is 0.0596. The van der Waals surface area contributed by atoms with Crippen LogP contribution in [0.3, 0.4) is 0 Å². The maximum atomic E-state index is 11.2. The first-order valence-corrected chi connectivity index (χ1v) is 5.14. The number of ether oxygens (including phenoxy) is 1. The molecule has 0 aliphatic rings. The molecule has 0 heterocycles. The van der Waals surface area contributed by atoms with Crippen LogP contribution >= 0.6 is 35.2 Å². The van der Waals surface area contributed by atoms with Gasteiger partial charge in [0.25, 0.3) is 0 Å². The zero-order valence-electron chi connectivity index (χ0n) is 7.24. The van der Waals surface area contributed by atoms with E-state index in [9.17, 15) is 4.79 Å². The Morgan fingerprint density at radius 1 is 1.64 bits per heavy atom. The van der Waals surface area contributed by atoms with Crippen LogP contribution in [0.2, 0.25) is 0 Å². The Morgan fingerprint density at radius 2 is 2.29 bits per heavy atom. The number of carbonyl (C=O) groups excluding carboxylic acids is 1. The van der Waals surface area contributed by atoms with E-state index in [-0.39, 0.29) is 0 Å². The lowest BCUT2D eigenvalue weighted by Gasteiger charge is -2.05. The van der Waals surface area contributed by atoms with Gasteiger partial charge in [-0.05, 0) is 34.7 Å². The molecule has 1 aromatic rings. The van der Waals surface area contributed by atoms with Gasteiger partial charge in [-0.1, -0.05) is 0 Å². The van der Waals surface area contributed by atoms with E-state index < -0.39 is 5.97 Å². The van der Waals surface area contributed by atoms with E-state index in [4.69, 9.17) is 5.26 Å². The smallest absolute Gasteiger partial charge is 0.339 e. The van der Waals surface area contributed by atoms with E-state index in [2.05, 4.69) is 17.4 Å². The van der Waals surface area contributed by atoms with Crippen LogP contribution in [0.4, 0.5) is 0 Å². The Morgan fingerprint density at radius 3 is 2.79 bits per heavy atom. The molecule has 0 saturated carbocycles. The maximum absolute atomic E-state index is 11.2. The van der Waals surface area contributed by atoms with Crippen LogP contribution in [0, 0.1) is 14.9 Å². The van der Waals surface area contributed by atoms with Crippen LogP contribution in [-0.2, 0) is 4.74 Å². The average molecular weight is 319 g/mol. The molecule has 0 spiro atoms. The molecule has 72 valence electrons. The second kappa shape index (κ2) is 4.66. The third kappa shape index (κ3) is 2.01. The van der Waals surface area contributed by atoms with Crippen molar-refractivity contribution >= 4 is 41.2 Å². The zero-order valence-corrected chi connectivity index (χ0v) is 10.3. The fourth-order valence-corrected chi connectivity index (χ4v) is 1.80. The van der Waals surface area contributed by atoms with Gasteiger partial charge in [0, 0.05) is 8.47 Å². The van der Waals surface area contributed by atoms with Gasteiger partial charge in [-0.15, -0.1) is 12.6 Å². The predicted molar refractivity (Wildman–Crippen MR) is 62.5 cm³/mol. The molecule has 0 radical (unpaired) electrons. The summed E-state index contributed by atoms with van der Waals surface area (Å²) in [5.74, 6) is -0.447. The Bertz CT molecular complexity index is 426. The minimum atomic E-state index is -0.447. The average Bonchev–Trinajstić information content (AvgIpc) is 2.21. The van der Waals surface area contributed by atoms with Crippen molar-refractivity contribution in [3.05, 3.63) is 26.8 Å². The highest BCUT2D eigenvalue weighted by Gasteiger charge is 2.14. The molecule has 14 heavy (non-hydrogen) atoms. The molecule has 1 rings (SSSR count). The van der Waals surface area contributed by atoms with Crippen molar-refractivity contribution in [3.8, 4) is 6.07 Å². The van der Waals surface area contributed by atoms with Crippen molar-refractivity contribution in [1.82, 2.24) is 0 Å². The number of hydrogen-bond acceptors (Lipinski definition) is 4. The summed E-state index contributed by atoms with van der Waals surface area (Å²) in [6.07, 6.45) is 0. The maximum Gasteiger partial charge on any atom is 0.339 e. The molecule has 5 heteroatoms. The Hall–Kier alpha value is -0.740. The topological polar surface area (TPSA) is 50.1 Å². The quantitative estimate of drug-likeness (QED) is 0.491. The number of thiol groups is 1. The van der Waals surface area contributed by atoms with Crippen molar-refractivity contribution in [2.45, 2.75) is 4.90 Å². The molecule has 3 nitrogen and oxygen atoms in total. The van der Waals surface area contributed by atoms with Crippen LogP contribution in [-0.4, -0.2) is 13.1 Å². The normalized spacial score (nSPS) is 9.29. The number of nitrogens with zero attached hydrogens (tertiary/aromatic N) is 1. The van der Waals surface area contributed by atoms with E-state index in [1.165, 1.54) is 13.2 Å². The van der Waals surface area contributed by atoms with Crippen LogP contribution < -0.4 is 0 Å². The van der Waals surface area contributed by atoms with Crippen LogP contribution in [0.25, 0.3) is 0 Å². The Kier molecular flexibility index (Phi) is 3.77. The monoisotopic (exact) mass is 319 g/mol. The third-order valence-electron chi connectivity index (χ3n) is 1.64. The second-order valence-corrected chi connectivity index (χ2v) is 3.95. The summed E-state index contributed by atoms with van der Waals surface area (Å²) in [6.45, 7) is 0. The molecule has 0 amide bonds. The largest absolute Gasteiger partial charge is 0.465 e. The molecule has 0 unspecified atom stereocenters. The van der Waals surface area contributed by atoms with Crippen molar-refractivity contribution < 1.29 is 9.53 Å². The fraction of sp³-hybridized carbons (Fsp3) is 0.111. The van der Waals surface area contributed by atoms with Crippen LogP contribution in [0.5, 0.6) is 0 Å². The number of nitriles is 1. The molecular formula is C9H6INO2S. The molecule has 0 atom stereocenters. The van der Waals surface area contributed by atoms with Gasteiger partial charge in [-0.25, -0.2) is 4.79 Å². The van der Waals surface area contributed by atoms with Gasteiger partial charge < -0.3 is 4.74 Å². The zero-order chi connectivity index (χ0) is 10.7. The number of benzene rings is 1. The summed E-state index contributed by atoms with van der Waals surface area (Å²) in [5, 5.41) is 8.72. The van der Waals surface area contributed by atoms with E-state index in [0.717, 1.165) is 0 Å². The molecule has 0 aromatic heterocycles. The highest BCUT2D eigenvalue weighted by atomic mass is 127. The summed E-state index contributed by atoms with van der Waals surface area (Å²) in [4.78, 5) is 11.7. The van der Waals surface area contributed by atoms with Crippen molar-refractivity contribution in [1.29, 1.82) is 5.26 Å². The van der Waals surface area contributed by atoms with Gasteiger partial charge >= 0.3 is 5.97 Å². The first kappa shape index (κ1) is 11.3. The third-order valence-corrected chi connectivity index (χ3v) is 3.65. The van der Waals surface area contributed by atoms with E-state index >= 15 is 0 Å². The van der Waals surface area contributed by atoms with Gasteiger partial charge in [0.2, 0.25) is 0 Å². The molecule has 0 bridgehead atoms. The van der Waals surface area contributed by atoms with Crippen molar-refractivity contribution in [2.75, 3.05) is 7.11 Å². The molecule has 0 aliphatic heterocycles.